The molecule has 0 aliphatic heterocycles. The maximum absolute atomic E-state index is 10.5. The first-order chi connectivity index (χ1) is 6.00. The van der Waals surface area contributed by atoms with Gasteiger partial charge in [0.05, 0.1) is 5.69 Å². The number of aliphatic carboxylic acids is 1. The van der Waals surface area contributed by atoms with Gasteiger partial charge in [0.1, 0.15) is 11.9 Å². The molecule has 0 amide bonds. The molecule has 5 nitrogen and oxygen atoms in total. The van der Waals surface area contributed by atoms with Crippen molar-refractivity contribution in [3.63, 3.8) is 0 Å². The van der Waals surface area contributed by atoms with Crippen molar-refractivity contribution in [3.05, 3.63) is 17.7 Å². The van der Waals surface area contributed by atoms with Crippen molar-refractivity contribution in [2.75, 3.05) is 0 Å². The van der Waals surface area contributed by atoms with Crippen LogP contribution in [-0.2, 0) is 18.3 Å². The molecule has 72 valence electrons. The van der Waals surface area contributed by atoms with Gasteiger partial charge >= 0.3 is 5.97 Å². The van der Waals surface area contributed by atoms with Gasteiger partial charge in [-0.2, -0.15) is 0 Å². The quantitative estimate of drug-likeness (QED) is 0.673. The Bertz CT molecular complexity index is 319. The van der Waals surface area contributed by atoms with Crippen molar-refractivity contribution in [1.82, 2.24) is 9.55 Å². The van der Waals surface area contributed by atoms with E-state index in [1.165, 1.54) is 0 Å². The first-order valence-electron chi connectivity index (χ1n) is 3.98. The lowest BCUT2D eigenvalue weighted by atomic mass is 10.2. The van der Waals surface area contributed by atoms with Gasteiger partial charge in [-0.15, -0.1) is 0 Å². The summed E-state index contributed by atoms with van der Waals surface area (Å²) in [4.78, 5) is 14.6. The average molecular weight is 183 g/mol. The zero-order valence-corrected chi connectivity index (χ0v) is 7.69. The summed E-state index contributed by atoms with van der Waals surface area (Å²) in [6.07, 6.45) is 2.10. The molecule has 0 aliphatic carbocycles. The van der Waals surface area contributed by atoms with Gasteiger partial charge in [0, 0.05) is 19.7 Å². The van der Waals surface area contributed by atoms with Crippen LogP contribution >= 0.6 is 0 Å². The number of hydrogen-bond donors (Lipinski definition) is 2. The lowest BCUT2D eigenvalue weighted by Gasteiger charge is -2.05. The van der Waals surface area contributed by atoms with E-state index in [1.807, 2.05) is 20.2 Å². The second-order valence-electron chi connectivity index (χ2n) is 3.06. The van der Waals surface area contributed by atoms with E-state index in [1.54, 1.807) is 4.57 Å². The molecule has 0 fully saturated rings. The lowest BCUT2D eigenvalue weighted by molar-refractivity contribution is -0.138. The normalized spacial score (nSPS) is 12.8. The largest absolute Gasteiger partial charge is 0.480 e. The van der Waals surface area contributed by atoms with E-state index in [4.69, 9.17) is 10.8 Å². The van der Waals surface area contributed by atoms with Gasteiger partial charge in [-0.1, -0.05) is 0 Å². The van der Waals surface area contributed by atoms with Crippen LogP contribution < -0.4 is 5.73 Å². The molecular formula is C8H13N3O2. The summed E-state index contributed by atoms with van der Waals surface area (Å²) in [6, 6.07) is -0.875. The average Bonchev–Trinajstić information content (AvgIpc) is 2.30. The third kappa shape index (κ3) is 2.29. The molecule has 0 spiro atoms. The highest BCUT2D eigenvalue weighted by molar-refractivity contribution is 5.73. The zero-order chi connectivity index (χ0) is 10.0. The van der Waals surface area contributed by atoms with Crippen LogP contribution in [0.3, 0.4) is 0 Å². The fourth-order valence-electron chi connectivity index (χ4n) is 1.14. The van der Waals surface area contributed by atoms with Gasteiger partial charge in [-0.25, -0.2) is 4.98 Å². The molecule has 0 saturated heterocycles. The van der Waals surface area contributed by atoms with Crippen LogP contribution in [0.25, 0.3) is 0 Å². The van der Waals surface area contributed by atoms with Crippen LogP contribution in [0.5, 0.6) is 0 Å². The van der Waals surface area contributed by atoms with Gasteiger partial charge < -0.3 is 15.4 Å². The van der Waals surface area contributed by atoms with E-state index in [-0.39, 0.29) is 6.42 Å². The molecule has 0 saturated carbocycles. The number of carboxylic acid groups (broad SMARTS) is 1. The summed E-state index contributed by atoms with van der Waals surface area (Å²) in [5, 5.41) is 8.58. The van der Waals surface area contributed by atoms with Gasteiger partial charge in [-0.3, -0.25) is 4.79 Å². The summed E-state index contributed by atoms with van der Waals surface area (Å²) in [6.45, 7) is 1.86. The second kappa shape index (κ2) is 3.57. The maximum Gasteiger partial charge on any atom is 0.320 e. The SMILES string of the molecule is Cc1cn(C)c(CC(N)C(=O)O)n1. The number of aryl methyl sites for hydroxylation is 2. The summed E-state index contributed by atoms with van der Waals surface area (Å²) >= 11 is 0. The number of aromatic nitrogens is 2. The molecule has 3 N–H and O–H groups in total. The molecule has 13 heavy (non-hydrogen) atoms. The summed E-state index contributed by atoms with van der Waals surface area (Å²) in [5.41, 5.74) is 6.24. The Morgan fingerprint density at radius 2 is 2.46 bits per heavy atom. The first-order valence-corrected chi connectivity index (χ1v) is 3.98. The van der Waals surface area contributed by atoms with E-state index in [2.05, 4.69) is 4.98 Å². The van der Waals surface area contributed by atoms with Crippen molar-refractivity contribution >= 4 is 5.97 Å². The van der Waals surface area contributed by atoms with E-state index >= 15 is 0 Å². The van der Waals surface area contributed by atoms with Gasteiger partial charge in [0.15, 0.2) is 0 Å². The van der Waals surface area contributed by atoms with Crippen LogP contribution in [0, 0.1) is 6.92 Å². The molecule has 1 aromatic heterocycles. The Labute approximate surface area is 76.2 Å². The molecular weight excluding hydrogens is 170 g/mol. The molecule has 0 bridgehead atoms. The van der Waals surface area contributed by atoms with E-state index in [0.717, 1.165) is 5.69 Å². The van der Waals surface area contributed by atoms with Crippen LogP contribution in [-0.4, -0.2) is 26.7 Å². The minimum absolute atomic E-state index is 0.264. The van der Waals surface area contributed by atoms with Crippen molar-refractivity contribution in [3.8, 4) is 0 Å². The third-order valence-electron chi connectivity index (χ3n) is 1.81. The number of carbonyl (C=O) groups is 1. The maximum atomic E-state index is 10.5. The van der Waals surface area contributed by atoms with Crippen LogP contribution in [0.2, 0.25) is 0 Å². The van der Waals surface area contributed by atoms with Crippen LogP contribution in [0.1, 0.15) is 11.5 Å². The van der Waals surface area contributed by atoms with E-state index in [9.17, 15) is 4.79 Å². The molecule has 0 aromatic carbocycles. The minimum atomic E-state index is -0.999. The monoisotopic (exact) mass is 183 g/mol. The molecule has 0 radical (unpaired) electrons. The van der Waals surface area contributed by atoms with Gasteiger partial charge in [0.25, 0.3) is 0 Å². The lowest BCUT2D eigenvalue weighted by Crippen LogP contribution is -2.33. The molecule has 1 heterocycles. The fraction of sp³-hybridized carbons (Fsp3) is 0.500. The predicted octanol–water partition coefficient (Wildman–Crippen LogP) is -0.317. The Morgan fingerprint density at radius 1 is 1.85 bits per heavy atom. The number of carboxylic acids is 1. The molecule has 1 aromatic rings. The predicted molar refractivity (Wildman–Crippen MR) is 47.3 cm³/mol. The number of hydrogen-bond acceptors (Lipinski definition) is 3. The van der Waals surface area contributed by atoms with Crippen LogP contribution in [0.15, 0.2) is 6.20 Å². The summed E-state index contributed by atoms with van der Waals surface area (Å²) < 4.78 is 1.79. The minimum Gasteiger partial charge on any atom is -0.480 e. The van der Waals surface area contributed by atoms with Crippen molar-refractivity contribution in [1.29, 1.82) is 0 Å². The van der Waals surface area contributed by atoms with Gasteiger partial charge in [-0.05, 0) is 6.92 Å². The zero-order valence-electron chi connectivity index (χ0n) is 7.69. The highest BCUT2D eigenvalue weighted by Crippen LogP contribution is 2.02. The number of imidazole rings is 1. The highest BCUT2D eigenvalue weighted by Gasteiger charge is 2.14. The summed E-state index contributed by atoms with van der Waals surface area (Å²) in [7, 11) is 1.82. The number of nitrogens with two attached hydrogens (primary N) is 1. The van der Waals surface area contributed by atoms with Crippen molar-refractivity contribution < 1.29 is 9.90 Å². The highest BCUT2D eigenvalue weighted by atomic mass is 16.4. The second-order valence-corrected chi connectivity index (χ2v) is 3.06. The Balaban J connectivity index is 2.74. The molecule has 5 heteroatoms. The molecule has 0 aliphatic rings. The molecule has 1 rings (SSSR count). The molecule has 1 unspecified atom stereocenters. The first kappa shape index (κ1) is 9.73. The Morgan fingerprint density at radius 3 is 2.85 bits per heavy atom. The van der Waals surface area contributed by atoms with Crippen LogP contribution in [0.4, 0.5) is 0 Å². The van der Waals surface area contributed by atoms with Crippen molar-refractivity contribution in [2.45, 2.75) is 19.4 Å². The third-order valence-corrected chi connectivity index (χ3v) is 1.81. The van der Waals surface area contributed by atoms with Gasteiger partial charge in [0.2, 0.25) is 0 Å². The fourth-order valence-corrected chi connectivity index (χ4v) is 1.14. The van der Waals surface area contributed by atoms with E-state index in [0.29, 0.717) is 5.82 Å². The van der Waals surface area contributed by atoms with Crippen molar-refractivity contribution in [2.24, 2.45) is 12.8 Å². The Hall–Kier alpha value is -1.36. The smallest absolute Gasteiger partial charge is 0.320 e. The Kier molecular flexibility index (Phi) is 2.67. The number of nitrogens with zero attached hydrogens (tertiary/aromatic N) is 2. The molecule has 1 atom stereocenters. The van der Waals surface area contributed by atoms with E-state index < -0.39 is 12.0 Å². The topological polar surface area (TPSA) is 81.1 Å². The standard InChI is InChI=1S/C8H13N3O2/c1-5-4-11(2)7(10-5)3-6(9)8(12)13/h4,6H,3,9H2,1-2H3,(H,12,13). The number of rotatable bonds is 3. The summed E-state index contributed by atoms with van der Waals surface area (Å²) in [5.74, 6) is -0.298.